The lowest BCUT2D eigenvalue weighted by molar-refractivity contribution is -0.0684. The lowest BCUT2D eigenvalue weighted by atomic mass is 10.1. The zero-order chi connectivity index (χ0) is 28.0. The number of benzene rings is 5. The Morgan fingerprint density at radius 3 is 0.976 bits per heavy atom. The van der Waals surface area contributed by atoms with E-state index in [1.54, 1.807) is 0 Å². The maximum atomic E-state index is 6.99. The molecule has 2 nitrogen and oxygen atoms in total. The summed E-state index contributed by atoms with van der Waals surface area (Å²) >= 11 is 0. The Bertz CT molecular complexity index is 1310. The van der Waals surface area contributed by atoms with E-state index in [0.29, 0.717) is 0 Å². The number of hydrogen-bond donors (Lipinski definition) is 0. The molecule has 1 fully saturated rings. The third-order valence-corrected chi connectivity index (χ3v) is 13.5. The first kappa shape index (κ1) is 28.0. The van der Waals surface area contributed by atoms with E-state index in [0.717, 1.165) is 5.56 Å². The lowest BCUT2D eigenvalue weighted by Crippen LogP contribution is -2.42. The minimum absolute atomic E-state index is 0.0702. The quantitative estimate of drug-likeness (QED) is 0.170. The highest BCUT2D eigenvalue weighted by atomic mass is 31.1. The number of hydrogen-bond acceptors (Lipinski definition) is 2. The van der Waals surface area contributed by atoms with Crippen molar-refractivity contribution in [3.8, 4) is 0 Å². The number of rotatable bonds is 9. The Morgan fingerprint density at radius 2 is 0.683 bits per heavy atom. The molecule has 1 aliphatic heterocycles. The van der Waals surface area contributed by atoms with Crippen molar-refractivity contribution in [1.29, 1.82) is 0 Å². The average Bonchev–Trinajstić information content (AvgIpc) is 3.50. The van der Waals surface area contributed by atoms with E-state index in [9.17, 15) is 0 Å². The van der Waals surface area contributed by atoms with Gasteiger partial charge in [0.25, 0.3) is 0 Å². The Hall–Kier alpha value is -3.12. The molecule has 0 spiro atoms. The van der Waals surface area contributed by atoms with Crippen molar-refractivity contribution in [3.63, 3.8) is 0 Å². The molecule has 1 heterocycles. The molecule has 0 aliphatic carbocycles. The zero-order valence-electron chi connectivity index (χ0n) is 23.5. The summed E-state index contributed by atoms with van der Waals surface area (Å²) in [6.45, 7) is 4.75. The molecule has 5 aromatic rings. The highest BCUT2D eigenvalue weighted by molar-refractivity contribution is 7.74. The van der Waals surface area contributed by atoms with Gasteiger partial charge in [-0.1, -0.05) is 166 Å². The third-order valence-electron chi connectivity index (χ3n) is 7.86. The monoisotopic (exact) mass is 574 g/mol. The molecule has 5 aromatic carbocycles. The second kappa shape index (κ2) is 13.2. The molecule has 0 bridgehead atoms. The first-order chi connectivity index (χ1) is 20.2. The van der Waals surface area contributed by atoms with Gasteiger partial charge in [0.1, 0.15) is 0 Å². The van der Waals surface area contributed by atoms with Gasteiger partial charge in [-0.15, -0.1) is 0 Å². The highest BCUT2D eigenvalue weighted by Crippen LogP contribution is 2.51. The molecule has 4 heteroatoms. The first-order valence-corrected chi connectivity index (χ1v) is 17.2. The minimum atomic E-state index is -0.688. The van der Waals surface area contributed by atoms with Gasteiger partial charge in [-0.05, 0) is 37.1 Å². The summed E-state index contributed by atoms with van der Waals surface area (Å²) in [6.07, 6.45) is -0.527. The molecule has 4 atom stereocenters. The van der Waals surface area contributed by atoms with Gasteiger partial charge in [0.05, 0.1) is 12.2 Å². The third kappa shape index (κ3) is 6.23. The van der Waals surface area contributed by atoms with Crippen molar-refractivity contribution in [2.24, 2.45) is 0 Å². The van der Waals surface area contributed by atoms with Crippen LogP contribution in [0.3, 0.4) is 0 Å². The predicted molar refractivity (Wildman–Crippen MR) is 176 cm³/mol. The molecule has 0 amide bonds. The molecule has 0 aromatic heterocycles. The zero-order valence-corrected chi connectivity index (χ0v) is 25.3. The van der Waals surface area contributed by atoms with Crippen LogP contribution in [0.2, 0.25) is 0 Å². The van der Waals surface area contributed by atoms with Crippen LogP contribution >= 0.6 is 15.8 Å². The van der Waals surface area contributed by atoms with Crippen LogP contribution < -0.4 is 21.2 Å². The van der Waals surface area contributed by atoms with Crippen molar-refractivity contribution >= 4 is 37.1 Å². The van der Waals surface area contributed by atoms with Gasteiger partial charge in [0.2, 0.25) is 0 Å². The maximum absolute atomic E-state index is 6.99. The SMILES string of the molecule is CC(C1OC(c2ccccc2)OC1C(C)P(c1ccccc1)c1ccccc1)P(c1ccccc1)c1ccccc1. The summed E-state index contributed by atoms with van der Waals surface area (Å²) in [5, 5.41) is 5.47. The molecular weight excluding hydrogens is 538 g/mol. The van der Waals surface area contributed by atoms with Crippen LogP contribution in [-0.4, -0.2) is 23.5 Å². The number of ether oxygens (including phenoxy) is 2. The predicted octanol–water partition coefficient (Wildman–Crippen LogP) is 7.51. The van der Waals surface area contributed by atoms with Crippen LogP contribution in [0.4, 0.5) is 0 Å². The minimum Gasteiger partial charge on any atom is -0.342 e. The normalized spacial score (nSPS) is 20.2. The fourth-order valence-electron chi connectivity index (χ4n) is 5.90. The lowest BCUT2D eigenvalue weighted by Gasteiger charge is -2.36. The van der Waals surface area contributed by atoms with Crippen molar-refractivity contribution in [2.45, 2.75) is 43.7 Å². The van der Waals surface area contributed by atoms with Crippen molar-refractivity contribution < 1.29 is 9.47 Å². The molecule has 0 N–H and O–H groups in total. The van der Waals surface area contributed by atoms with E-state index in [2.05, 4.69) is 159 Å². The highest BCUT2D eigenvalue weighted by Gasteiger charge is 2.47. The largest absolute Gasteiger partial charge is 0.342 e. The topological polar surface area (TPSA) is 18.5 Å². The smallest absolute Gasteiger partial charge is 0.184 e. The van der Waals surface area contributed by atoms with Gasteiger partial charge in [-0.25, -0.2) is 0 Å². The van der Waals surface area contributed by atoms with E-state index in [1.807, 2.05) is 6.07 Å². The van der Waals surface area contributed by atoms with Gasteiger partial charge >= 0.3 is 0 Å². The summed E-state index contributed by atoms with van der Waals surface area (Å²) < 4.78 is 14.0. The molecule has 0 saturated carbocycles. The van der Waals surface area contributed by atoms with Crippen LogP contribution in [0.25, 0.3) is 0 Å². The van der Waals surface area contributed by atoms with Gasteiger partial charge in [0.15, 0.2) is 6.29 Å². The van der Waals surface area contributed by atoms with Crippen LogP contribution in [0.1, 0.15) is 25.7 Å². The van der Waals surface area contributed by atoms with Crippen molar-refractivity contribution in [3.05, 3.63) is 157 Å². The summed E-state index contributed by atoms with van der Waals surface area (Å²) in [5.74, 6) is 0. The van der Waals surface area contributed by atoms with E-state index in [-0.39, 0.29) is 29.8 Å². The molecule has 1 aliphatic rings. The van der Waals surface area contributed by atoms with Gasteiger partial charge in [0, 0.05) is 16.9 Å². The molecule has 0 radical (unpaired) electrons. The molecule has 41 heavy (non-hydrogen) atoms. The van der Waals surface area contributed by atoms with E-state index in [1.165, 1.54) is 21.2 Å². The Morgan fingerprint density at radius 1 is 0.415 bits per heavy atom. The molecular formula is C37H36O2P2. The Labute approximate surface area is 246 Å². The Kier molecular flexibility index (Phi) is 9.05. The van der Waals surface area contributed by atoms with E-state index < -0.39 is 15.8 Å². The summed E-state index contributed by atoms with van der Waals surface area (Å²) in [5.41, 5.74) is 1.55. The molecule has 4 unspecified atom stereocenters. The van der Waals surface area contributed by atoms with E-state index >= 15 is 0 Å². The average molecular weight is 575 g/mol. The summed E-state index contributed by atoms with van der Waals surface area (Å²) in [6, 6.07) is 54.3. The maximum Gasteiger partial charge on any atom is 0.184 e. The van der Waals surface area contributed by atoms with Crippen LogP contribution in [0, 0.1) is 0 Å². The van der Waals surface area contributed by atoms with Gasteiger partial charge in [-0.2, -0.15) is 0 Å². The second-order valence-corrected chi connectivity index (χ2v) is 15.7. The fourth-order valence-corrected chi connectivity index (χ4v) is 11.4. The summed E-state index contributed by atoms with van der Waals surface area (Å²) in [4.78, 5) is 0. The fraction of sp³-hybridized carbons (Fsp3) is 0.189. The van der Waals surface area contributed by atoms with E-state index in [4.69, 9.17) is 9.47 Å². The molecule has 1 saturated heterocycles. The summed E-state index contributed by atoms with van der Waals surface area (Å²) in [7, 11) is -1.38. The Balaban J connectivity index is 1.42. The molecule has 6 rings (SSSR count). The van der Waals surface area contributed by atoms with Crippen LogP contribution in [0.15, 0.2) is 152 Å². The van der Waals surface area contributed by atoms with Crippen LogP contribution in [0.5, 0.6) is 0 Å². The first-order valence-electron chi connectivity index (χ1n) is 14.4. The van der Waals surface area contributed by atoms with Crippen molar-refractivity contribution in [1.82, 2.24) is 0 Å². The second-order valence-electron chi connectivity index (χ2n) is 10.5. The molecule has 206 valence electrons. The van der Waals surface area contributed by atoms with Crippen LogP contribution in [-0.2, 0) is 9.47 Å². The van der Waals surface area contributed by atoms with Gasteiger partial charge in [-0.3, -0.25) is 0 Å². The van der Waals surface area contributed by atoms with Gasteiger partial charge < -0.3 is 9.47 Å². The standard InChI is InChI=1S/C37H36O2P2/c1-28(40(31-20-10-4-11-21-31)32-22-12-5-13-23-32)35-36(39-37(38-35)30-18-8-3-9-19-30)29(2)41(33-24-14-6-15-25-33)34-26-16-7-17-27-34/h3-29,35-37H,1-2H3. The van der Waals surface area contributed by atoms with Crippen molar-refractivity contribution in [2.75, 3.05) is 0 Å².